The predicted octanol–water partition coefficient (Wildman–Crippen LogP) is 0.303. The van der Waals surface area contributed by atoms with Crippen molar-refractivity contribution >= 4 is 12.1 Å². The van der Waals surface area contributed by atoms with Crippen LogP contribution in [0.2, 0.25) is 0 Å². The van der Waals surface area contributed by atoms with E-state index in [0.717, 1.165) is 5.56 Å². The molecule has 0 aromatic carbocycles. The first-order chi connectivity index (χ1) is 5.84. The maximum absolute atomic E-state index is 9.91. The smallest absolute Gasteiger partial charge is 0.225 e. The van der Waals surface area contributed by atoms with Crippen LogP contribution >= 0.6 is 0 Å². The molecule has 4 nitrogen and oxygen atoms in total. The van der Waals surface area contributed by atoms with Crippen LogP contribution in [-0.2, 0) is 4.79 Å². The third-order valence-corrected chi connectivity index (χ3v) is 1.29. The molecule has 0 bridgehead atoms. The van der Waals surface area contributed by atoms with Crippen LogP contribution in [0.4, 0.5) is 0 Å². The van der Waals surface area contributed by atoms with Crippen LogP contribution in [0.25, 0.3) is 5.70 Å². The number of rotatable bonds is 4. The van der Waals surface area contributed by atoms with Gasteiger partial charge in [0.05, 0.1) is 5.70 Å². The van der Waals surface area contributed by atoms with Crippen LogP contribution in [-0.4, -0.2) is 11.4 Å². The molecule has 0 radical (unpaired) electrons. The van der Waals surface area contributed by atoms with Crippen LogP contribution in [0, 0.1) is 0 Å². The van der Waals surface area contributed by atoms with Gasteiger partial charge in [-0.2, -0.15) is 0 Å². The highest BCUT2D eigenvalue weighted by atomic mass is 16.1. The second kappa shape index (κ2) is 4.12. The zero-order valence-electron chi connectivity index (χ0n) is 6.45. The van der Waals surface area contributed by atoms with Gasteiger partial charge in [-0.15, -0.1) is 0 Å². The lowest BCUT2D eigenvalue weighted by Crippen LogP contribution is -2.28. The van der Waals surface area contributed by atoms with Gasteiger partial charge in [0.25, 0.3) is 0 Å². The van der Waals surface area contributed by atoms with Crippen molar-refractivity contribution in [1.82, 2.24) is 15.8 Å². The van der Waals surface area contributed by atoms with E-state index in [0.29, 0.717) is 12.1 Å². The van der Waals surface area contributed by atoms with Crippen LogP contribution in [0.5, 0.6) is 0 Å². The fourth-order valence-electron chi connectivity index (χ4n) is 0.730. The molecule has 1 amide bonds. The number of aromatic nitrogens is 1. The fraction of sp³-hybridized carbons (Fsp3) is 0. The van der Waals surface area contributed by atoms with Crippen molar-refractivity contribution in [2.75, 3.05) is 0 Å². The summed E-state index contributed by atoms with van der Waals surface area (Å²) < 4.78 is 0. The second-order valence-corrected chi connectivity index (χ2v) is 2.11. The Labute approximate surface area is 70.3 Å². The van der Waals surface area contributed by atoms with Gasteiger partial charge in [0.1, 0.15) is 0 Å². The Kier molecular flexibility index (Phi) is 2.84. The minimum Gasteiger partial charge on any atom is -0.299 e. The van der Waals surface area contributed by atoms with E-state index >= 15 is 0 Å². The van der Waals surface area contributed by atoms with E-state index in [2.05, 4.69) is 22.4 Å². The topological polar surface area (TPSA) is 54.0 Å². The molecule has 1 aromatic heterocycles. The highest BCUT2D eigenvalue weighted by Crippen LogP contribution is 2.04. The molecule has 1 heterocycles. The molecule has 4 heteroatoms. The third-order valence-electron chi connectivity index (χ3n) is 1.29. The van der Waals surface area contributed by atoms with Crippen molar-refractivity contribution in [2.24, 2.45) is 0 Å². The normalized spacial score (nSPS) is 8.67. The molecule has 0 unspecified atom stereocenters. The van der Waals surface area contributed by atoms with E-state index in [1.165, 1.54) is 0 Å². The van der Waals surface area contributed by atoms with Crippen LogP contribution < -0.4 is 10.9 Å². The van der Waals surface area contributed by atoms with Gasteiger partial charge >= 0.3 is 0 Å². The number of pyridine rings is 1. The standard InChI is InChI=1S/C8H9N3O/c1-7(11-10-6-12)8-3-2-4-9-5-8/h2-6,11H,1H2,(H,10,12). The summed E-state index contributed by atoms with van der Waals surface area (Å²) in [6.45, 7) is 3.69. The summed E-state index contributed by atoms with van der Waals surface area (Å²) in [5.74, 6) is 0. The van der Waals surface area contributed by atoms with Crippen LogP contribution in [0.1, 0.15) is 5.56 Å². The molecule has 62 valence electrons. The Morgan fingerprint density at radius 1 is 1.67 bits per heavy atom. The molecule has 0 saturated carbocycles. The average molecular weight is 163 g/mol. The van der Waals surface area contributed by atoms with Gasteiger partial charge in [-0.1, -0.05) is 6.58 Å². The first kappa shape index (κ1) is 8.26. The molecule has 12 heavy (non-hydrogen) atoms. The number of carbonyl (C=O) groups excluding carboxylic acids is 1. The highest BCUT2D eigenvalue weighted by Gasteiger charge is 1.94. The summed E-state index contributed by atoms with van der Waals surface area (Å²) in [6, 6.07) is 3.64. The number of nitrogens with one attached hydrogen (secondary N) is 2. The quantitative estimate of drug-likeness (QED) is 0.496. The van der Waals surface area contributed by atoms with Crippen LogP contribution in [0.3, 0.4) is 0 Å². The fourth-order valence-corrected chi connectivity index (χ4v) is 0.730. The second-order valence-electron chi connectivity index (χ2n) is 2.11. The van der Waals surface area contributed by atoms with Gasteiger partial charge in [-0.05, 0) is 12.1 Å². The summed E-state index contributed by atoms with van der Waals surface area (Å²) in [5.41, 5.74) is 6.33. The summed E-state index contributed by atoms with van der Waals surface area (Å²) in [6.07, 6.45) is 3.87. The van der Waals surface area contributed by atoms with Crippen molar-refractivity contribution < 1.29 is 4.79 Å². The molecule has 0 aliphatic heterocycles. The Morgan fingerprint density at radius 3 is 3.08 bits per heavy atom. The maximum Gasteiger partial charge on any atom is 0.225 e. The average Bonchev–Trinajstić information content (AvgIpc) is 2.15. The highest BCUT2D eigenvalue weighted by molar-refractivity contribution is 5.62. The molecule has 0 atom stereocenters. The van der Waals surface area contributed by atoms with Gasteiger partial charge in [0.2, 0.25) is 6.41 Å². The van der Waals surface area contributed by atoms with Crippen molar-refractivity contribution in [3.8, 4) is 0 Å². The zero-order chi connectivity index (χ0) is 8.81. The molecule has 1 rings (SSSR count). The van der Waals surface area contributed by atoms with E-state index < -0.39 is 0 Å². The van der Waals surface area contributed by atoms with E-state index in [9.17, 15) is 4.79 Å². The van der Waals surface area contributed by atoms with Crippen molar-refractivity contribution in [2.45, 2.75) is 0 Å². The number of hydrogen-bond acceptors (Lipinski definition) is 3. The first-order valence-electron chi connectivity index (χ1n) is 3.39. The molecule has 0 fully saturated rings. The zero-order valence-corrected chi connectivity index (χ0v) is 6.45. The molecule has 1 aromatic rings. The Hall–Kier alpha value is -1.84. The van der Waals surface area contributed by atoms with Gasteiger partial charge in [-0.3, -0.25) is 20.6 Å². The summed E-state index contributed by atoms with van der Waals surface area (Å²) in [7, 11) is 0. The number of hydrazine groups is 1. The van der Waals surface area contributed by atoms with E-state index in [1.54, 1.807) is 18.5 Å². The Bertz CT molecular complexity index is 271. The van der Waals surface area contributed by atoms with Gasteiger partial charge in [0, 0.05) is 18.0 Å². The lowest BCUT2D eigenvalue weighted by atomic mass is 10.2. The number of nitrogens with zero attached hydrogens (tertiary/aromatic N) is 1. The van der Waals surface area contributed by atoms with Gasteiger partial charge in [-0.25, -0.2) is 0 Å². The monoisotopic (exact) mass is 163 g/mol. The minimum absolute atomic E-state index is 0.543. The van der Waals surface area contributed by atoms with E-state index in [1.807, 2.05) is 6.07 Å². The lowest BCUT2D eigenvalue weighted by molar-refractivity contribution is -0.110. The van der Waals surface area contributed by atoms with Crippen molar-refractivity contribution in [1.29, 1.82) is 0 Å². The maximum atomic E-state index is 9.91. The van der Waals surface area contributed by atoms with E-state index in [4.69, 9.17) is 0 Å². The predicted molar refractivity (Wildman–Crippen MR) is 45.6 cm³/mol. The lowest BCUT2D eigenvalue weighted by Gasteiger charge is -2.05. The number of carbonyl (C=O) groups is 1. The number of amides is 1. The van der Waals surface area contributed by atoms with Crippen LogP contribution in [0.15, 0.2) is 31.1 Å². The molecule has 0 aliphatic carbocycles. The molecule has 0 saturated heterocycles. The number of hydrogen-bond donors (Lipinski definition) is 2. The van der Waals surface area contributed by atoms with Gasteiger partial charge in [0.15, 0.2) is 0 Å². The Morgan fingerprint density at radius 2 is 2.50 bits per heavy atom. The van der Waals surface area contributed by atoms with Gasteiger partial charge < -0.3 is 0 Å². The molecular weight excluding hydrogens is 154 g/mol. The van der Waals surface area contributed by atoms with E-state index in [-0.39, 0.29) is 0 Å². The molecular formula is C8H9N3O. The molecule has 2 N–H and O–H groups in total. The molecule has 0 aliphatic rings. The largest absolute Gasteiger partial charge is 0.299 e. The van der Waals surface area contributed by atoms with Crippen molar-refractivity contribution in [3.05, 3.63) is 36.7 Å². The Balaban J connectivity index is 2.59. The minimum atomic E-state index is 0.543. The summed E-state index contributed by atoms with van der Waals surface area (Å²) >= 11 is 0. The summed E-state index contributed by atoms with van der Waals surface area (Å²) in [4.78, 5) is 13.8. The van der Waals surface area contributed by atoms with Crippen molar-refractivity contribution in [3.63, 3.8) is 0 Å². The SMILES string of the molecule is C=C(NNC=O)c1cccnc1. The third kappa shape index (κ3) is 2.09. The summed E-state index contributed by atoms with van der Waals surface area (Å²) in [5, 5.41) is 0. The molecule has 0 spiro atoms. The first-order valence-corrected chi connectivity index (χ1v) is 3.39.